The average molecular weight is 605 g/mol. The molecule has 42 heavy (non-hydrogen) atoms. The third kappa shape index (κ3) is 14.6. The second-order valence-corrected chi connectivity index (χ2v) is 9.78. The van der Waals surface area contributed by atoms with E-state index >= 15 is 0 Å². The van der Waals surface area contributed by atoms with Gasteiger partial charge in [0.1, 0.15) is 5.75 Å². The predicted octanol–water partition coefficient (Wildman–Crippen LogP) is 2.08. The van der Waals surface area contributed by atoms with E-state index in [4.69, 9.17) is 14.4 Å². The van der Waals surface area contributed by atoms with Gasteiger partial charge in [-0.1, -0.05) is 42.5 Å². The molecule has 3 fully saturated rings. The SMILES string of the molecule is CON1CCNCC1.CON1CCNCC1.Cl.O=C(/C=C/c1ccc(OCCc2ccccc2)cc1)N1CCNCC1. The molecule has 0 atom stereocenters. The first kappa shape index (κ1) is 35.7. The van der Waals surface area contributed by atoms with Crippen molar-refractivity contribution >= 4 is 24.4 Å². The Hall–Kier alpha value is -2.54. The Bertz CT molecular complexity index is 963. The van der Waals surface area contributed by atoms with Crippen molar-refractivity contribution in [2.75, 3.05) is 99.4 Å². The van der Waals surface area contributed by atoms with Crippen molar-refractivity contribution in [1.29, 1.82) is 0 Å². The maximum Gasteiger partial charge on any atom is 0.246 e. The van der Waals surface area contributed by atoms with E-state index < -0.39 is 0 Å². The van der Waals surface area contributed by atoms with Crippen LogP contribution in [0, 0.1) is 0 Å². The summed E-state index contributed by atoms with van der Waals surface area (Å²) in [6, 6.07) is 18.1. The van der Waals surface area contributed by atoms with Crippen LogP contribution in [-0.2, 0) is 20.9 Å². The highest BCUT2D eigenvalue weighted by molar-refractivity contribution is 5.91. The van der Waals surface area contributed by atoms with Crippen LogP contribution in [0.15, 0.2) is 60.7 Å². The molecule has 2 aromatic carbocycles. The molecule has 0 bridgehead atoms. The molecule has 3 aliphatic rings. The van der Waals surface area contributed by atoms with Crippen molar-refractivity contribution in [3.8, 4) is 5.75 Å². The lowest BCUT2D eigenvalue weighted by Gasteiger charge is -2.26. The van der Waals surface area contributed by atoms with E-state index in [0.29, 0.717) is 6.61 Å². The second kappa shape index (κ2) is 22.1. The van der Waals surface area contributed by atoms with Crippen molar-refractivity contribution in [1.82, 2.24) is 31.0 Å². The molecule has 10 nitrogen and oxygen atoms in total. The summed E-state index contributed by atoms with van der Waals surface area (Å²) < 4.78 is 5.78. The largest absolute Gasteiger partial charge is 0.493 e. The van der Waals surface area contributed by atoms with E-state index in [1.165, 1.54) is 5.56 Å². The Kier molecular flexibility index (Phi) is 18.7. The maximum absolute atomic E-state index is 12.1. The van der Waals surface area contributed by atoms with Crippen LogP contribution in [0.5, 0.6) is 5.75 Å². The zero-order chi connectivity index (χ0) is 29.0. The second-order valence-electron chi connectivity index (χ2n) is 9.78. The number of halogens is 1. The van der Waals surface area contributed by atoms with Gasteiger partial charge in [0.05, 0.1) is 20.8 Å². The number of ether oxygens (including phenoxy) is 1. The molecule has 3 aliphatic heterocycles. The smallest absolute Gasteiger partial charge is 0.246 e. The fourth-order valence-corrected chi connectivity index (χ4v) is 4.42. The molecule has 3 saturated heterocycles. The molecule has 2 aromatic rings. The summed E-state index contributed by atoms with van der Waals surface area (Å²) in [5.41, 5.74) is 2.27. The summed E-state index contributed by atoms with van der Waals surface area (Å²) in [7, 11) is 3.43. The number of rotatable bonds is 8. The molecule has 5 rings (SSSR count). The van der Waals surface area contributed by atoms with Gasteiger partial charge in [-0.2, -0.15) is 10.1 Å². The number of carbonyl (C=O) groups excluding carboxylic acids is 1. The van der Waals surface area contributed by atoms with Gasteiger partial charge in [-0.05, 0) is 29.3 Å². The lowest BCUT2D eigenvalue weighted by molar-refractivity contribution is -0.136. The quantitative estimate of drug-likeness (QED) is 0.392. The molecule has 3 N–H and O–H groups in total. The lowest BCUT2D eigenvalue weighted by Crippen LogP contribution is -2.45. The highest BCUT2D eigenvalue weighted by Gasteiger charge is 2.13. The van der Waals surface area contributed by atoms with E-state index in [-0.39, 0.29) is 18.3 Å². The number of hydrogen-bond acceptors (Lipinski definition) is 9. The molecule has 0 saturated carbocycles. The standard InChI is InChI=1S/C21H24N2O2.2C5H12N2O.ClH/c24-21(23-15-13-22-14-16-23)11-8-19-6-9-20(10-7-19)25-17-12-18-4-2-1-3-5-18;2*1-8-7-4-2-6-3-5-7;/h1-11,22H,12-17H2;2*6H,2-5H2,1H3;1H/b11-8+;;;. The van der Waals surface area contributed by atoms with Crippen LogP contribution in [0.3, 0.4) is 0 Å². The van der Waals surface area contributed by atoms with Gasteiger partial charge in [0, 0.05) is 91.0 Å². The van der Waals surface area contributed by atoms with Crippen LogP contribution < -0.4 is 20.7 Å². The molecule has 1 amide bonds. The van der Waals surface area contributed by atoms with Crippen LogP contribution in [0.4, 0.5) is 0 Å². The summed E-state index contributed by atoms with van der Waals surface area (Å²) >= 11 is 0. The fraction of sp³-hybridized carbons (Fsp3) is 0.516. The number of hydrogen-bond donors (Lipinski definition) is 3. The van der Waals surface area contributed by atoms with Gasteiger partial charge < -0.3 is 35.3 Å². The third-order valence-corrected chi connectivity index (χ3v) is 6.90. The molecular weight excluding hydrogens is 556 g/mol. The number of amides is 1. The number of carbonyl (C=O) groups is 1. The Morgan fingerprint density at radius 3 is 1.71 bits per heavy atom. The highest BCUT2D eigenvalue weighted by atomic mass is 35.5. The molecule has 0 aliphatic carbocycles. The summed E-state index contributed by atoms with van der Waals surface area (Å²) in [6.07, 6.45) is 4.40. The minimum Gasteiger partial charge on any atom is -0.493 e. The van der Waals surface area contributed by atoms with E-state index in [2.05, 4.69) is 28.1 Å². The molecule has 0 radical (unpaired) electrons. The van der Waals surface area contributed by atoms with Crippen LogP contribution in [0.1, 0.15) is 11.1 Å². The van der Waals surface area contributed by atoms with Gasteiger partial charge in [0.2, 0.25) is 5.91 Å². The van der Waals surface area contributed by atoms with Gasteiger partial charge in [0.25, 0.3) is 0 Å². The van der Waals surface area contributed by atoms with E-state index in [9.17, 15) is 4.79 Å². The van der Waals surface area contributed by atoms with Crippen molar-refractivity contribution in [3.05, 3.63) is 71.8 Å². The maximum atomic E-state index is 12.1. The third-order valence-electron chi connectivity index (χ3n) is 6.90. The van der Waals surface area contributed by atoms with Gasteiger partial charge in [-0.3, -0.25) is 4.79 Å². The van der Waals surface area contributed by atoms with Crippen LogP contribution in [0.2, 0.25) is 0 Å². The number of nitrogens with one attached hydrogen (secondary N) is 3. The fourth-order valence-electron chi connectivity index (χ4n) is 4.42. The molecule has 0 unspecified atom stereocenters. The predicted molar refractivity (Wildman–Crippen MR) is 171 cm³/mol. The molecule has 0 spiro atoms. The zero-order valence-electron chi connectivity index (χ0n) is 25.1. The number of benzene rings is 2. The van der Waals surface area contributed by atoms with E-state index in [1.807, 2.05) is 63.6 Å². The van der Waals surface area contributed by atoms with Crippen molar-refractivity contribution in [2.45, 2.75) is 6.42 Å². The van der Waals surface area contributed by atoms with Crippen LogP contribution in [-0.4, -0.2) is 120 Å². The Balaban J connectivity index is 0.000000295. The lowest BCUT2D eigenvalue weighted by atomic mass is 10.2. The van der Waals surface area contributed by atoms with Gasteiger partial charge >= 0.3 is 0 Å². The molecular formula is C31H49ClN6O4. The molecule has 0 aromatic heterocycles. The topological polar surface area (TPSA) is 90.6 Å². The van der Waals surface area contributed by atoms with E-state index in [1.54, 1.807) is 20.3 Å². The van der Waals surface area contributed by atoms with Crippen LogP contribution >= 0.6 is 12.4 Å². The van der Waals surface area contributed by atoms with Gasteiger partial charge in [0.15, 0.2) is 0 Å². The molecule has 234 valence electrons. The Morgan fingerprint density at radius 1 is 0.738 bits per heavy atom. The Labute approximate surface area is 257 Å². The number of piperazine rings is 3. The summed E-state index contributed by atoms with van der Waals surface area (Å²) in [5, 5.41) is 13.6. The summed E-state index contributed by atoms with van der Waals surface area (Å²) in [6.45, 7) is 12.2. The summed E-state index contributed by atoms with van der Waals surface area (Å²) in [5.74, 6) is 0.922. The monoisotopic (exact) mass is 604 g/mol. The van der Waals surface area contributed by atoms with Crippen molar-refractivity contribution < 1.29 is 19.2 Å². The van der Waals surface area contributed by atoms with E-state index in [0.717, 1.165) is 96.3 Å². The Morgan fingerprint density at radius 2 is 1.24 bits per heavy atom. The first-order valence-corrected chi connectivity index (χ1v) is 14.6. The number of hydroxylamine groups is 4. The van der Waals surface area contributed by atoms with Gasteiger partial charge in [-0.25, -0.2) is 0 Å². The molecule has 3 heterocycles. The first-order valence-electron chi connectivity index (χ1n) is 14.6. The normalized spacial score (nSPS) is 17.7. The number of nitrogens with zero attached hydrogens (tertiary/aromatic N) is 3. The highest BCUT2D eigenvalue weighted by Crippen LogP contribution is 2.14. The van der Waals surface area contributed by atoms with Crippen molar-refractivity contribution in [3.63, 3.8) is 0 Å². The minimum absolute atomic E-state index is 0. The van der Waals surface area contributed by atoms with Crippen LogP contribution in [0.25, 0.3) is 6.08 Å². The molecule has 11 heteroatoms. The minimum atomic E-state index is 0. The average Bonchev–Trinajstić information content (AvgIpc) is 3.06. The van der Waals surface area contributed by atoms with Gasteiger partial charge in [-0.15, -0.1) is 12.4 Å². The summed E-state index contributed by atoms with van der Waals surface area (Å²) in [4.78, 5) is 23.9. The van der Waals surface area contributed by atoms with Crippen molar-refractivity contribution in [2.24, 2.45) is 0 Å². The first-order chi connectivity index (χ1) is 20.2. The zero-order valence-corrected chi connectivity index (χ0v) is 25.9.